The van der Waals surface area contributed by atoms with E-state index in [1.807, 2.05) is 0 Å². The lowest BCUT2D eigenvalue weighted by atomic mass is 10.6. The van der Waals surface area contributed by atoms with Gasteiger partial charge in [0.05, 0.1) is 20.3 Å². The third kappa shape index (κ3) is 4.80. The molecule has 0 aromatic carbocycles. The Morgan fingerprint density at radius 3 is 3.07 bits per heavy atom. The van der Waals surface area contributed by atoms with Crippen LogP contribution in [0.15, 0.2) is 12.3 Å². The molecule has 0 saturated carbocycles. The summed E-state index contributed by atoms with van der Waals surface area (Å²) in [6.07, 6.45) is 1.63. The van der Waals surface area contributed by atoms with Crippen LogP contribution in [0.3, 0.4) is 0 Å². The van der Waals surface area contributed by atoms with Crippen LogP contribution in [0.1, 0.15) is 0 Å². The molecule has 0 bridgehead atoms. The third-order valence-electron chi connectivity index (χ3n) is 1.59. The highest BCUT2D eigenvalue weighted by Crippen LogP contribution is 2.06. The van der Waals surface area contributed by atoms with Crippen LogP contribution in [0.4, 0.5) is 5.95 Å². The minimum absolute atomic E-state index is 0.510. The van der Waals surface area contributed by atoms with Crippen molar-refractivity contribution in [2.45, 2.75) is 0 Å². The maximum atomic E-state index is 5.45. The normalized spacial score (nSPS) is 10.0. The van der Waals surface area contributed by atoms with Crippen molar-refractivity contribution in [2.24, 2.45) is 0 Å². The first-order valence-electron chi connectivity index (χ1n) is 4.61. The average Bonchev–Trinajstić information content (AvgIpc) is 2.29. The molecule has 6 heteroatoms. The van der Waals surface area contributed by atoms with E-state index in [1.165, 1.54) is 0 Å². The molecule has 0 aliphatic rings. The molecule has 0 saturated heterocycles. The second kappa shape index (κ2) is 7.25. The summed E-state index contributed by atoms with van der Waals surface area (Å²) in [7, 11) is 1.57. The van der Waals surface area contributed by atoms with Crippen molar-refractivity contribution in [3.05, 3.63) is 12.3 Å². The van der Waals surface area contributed by atoms with Gasteiger partial charge in [-0.05, 0) is 0 Å². The first-order chi connectivity index (χ1) is 7.36. The first-order valence-corrected chi connectivity index (χ1v) is 5.15. The van der Waals surface area contributed by atoms with E-state index < -0.39 is 0 Å². The monoisotopic (exact) mass is 231 g/mol. The fraction of sp³-hybridized carbons (Fsp3) is 0.556. The molecule has 0 aliphatic heterocycles. The molecule has 0 fully saturated rings. The van der Waals surface area contributed by atoms with Crippen LogP contribution in [0.2, 0.25) is 0 Å². The zero-order valence-electron chi connectivity index (χ0n) is 8.57. The molecule has 0 radical (unpaired) electrons. The number of hydrogen-bond acceptors (Lipinski definition) is 5. The van der Waals surface area contributed by atoms with E-state index in [-0.39, 0.29) is 0 Å². The summed E-state index contributed by atoms with van der Waals surface area (Å²) in [5.74, 6) is 1.58. The van der Waals surface area contributed by atoms with Gasteiger partial charge in [-0.1, -0.05) is 0 Å². The molecule has 0 unspecified atom stereocenters. The molecule has 1 aromatic heterocycles. The summed E-state index contributed by atoms with van der Waals surface area (Å²) < 4.78 is 10.1. The maximum absolute atomic E-state index is 5.45. The Morgan fingerprint density at radius 1 is 1.47 bits per heavy atom. The van der Waals surface area contributed by atoms with Gasteiger partial charge < -0.3 is 14.8 Å². The van der Waals surface area contributed by atoms with E-state index in [0.29, 0.717) is 37.5 Å². The summed E-state index contributed by atoms with van der Waals surface area (Å²) in [4.78, 5) is 8.10. The van der Waals surface area contributed by atoms with Gasteiger partial charge in [0.25, 0.3) is 0 Å². The Morgan fingerprint density at radius 2 is 2.33 bits per heavy atom. The standard InChI is InChI=1S/C9H14ClN3O2/c1-14-8-2-4-11-9(13-8)12-5-7-15-6-3-10/h2,4H,3,5-7H2,1H3,(H,11,12,13). The summed E-state index contributed by atoms with van der Waals surface area (Å²) in [5, 5.41) is 3.01. The number of anilines is 1. The predicted molar refractivity (Wildman–Crippen MR) is 58.6 cm³/mol. The number of nitrogens with zero attached hydrogens (tertiary/aromatic N) is 2. The van der Waals surface area contributed by atoms with Gasteiger partial charge in [-0.2, -0.15) is 4.98 Å². The second-order valence-electron chi connectivity index (χ2n) is 2.65. The molecule has 1 heterocycles. The fourth-order valence-corrected chi connectivity index (χ4v) is 1.04. The smallest absolute Gasteiger partial charge is 0.226 e. The van der Waals surface area contributed by atoms with E-state index >= 15 is 0 Å². The number of hydrogen-bond donors (Lipinski definition) is 1. The van der Waals surface area contributed by atoms with Gasteiger partial charge in [-0.3, -0.25) is 0 Å². The Hall–Kier alpha value is -1.07. The highest BCUT2D eigenvalue weighted by Gasteiger charge is 1.97. The molecule has 84 valence electrons. The molecule has 1 aromatic rings. The van der Waals surface area contributed by atoms with Gasteiger partial charge in [0.15, 0.2) is 0 Å². The van der Waals surface area contributed by atoms with E-state index in [4.69, 9.17) is 21.1 Å². The molecule has 15 heavy (non-hydrogen) atoms. The number of nitrogens with one attached hydrogen (secondary N) is 1. The molecule has 0 amide bonds. The van der Waals surface area contributed by atoms with Crippen LogP contribution in [0, 0.1) is 0 Å². The number of aromatic nitrogens is 2. The zero-order chi connectivity index (χ0) is 10.9. The lowest BCUT2D eigenvalue weighted by molar-refractivity contribution is 0.159. The van der Waals surface area contributed by atoms with Crippen molar-refractivity contribution in [3.63, 3.8) is 0 Å². The average molecular weight is 232 g/mol. The maximum Gasteiger partial charge on any atom is 0.226 e. The molecule has 1 rings (SSSR count). The molecule has 5 nitrogen and oxygen atoms in total. The number of halogens is 1. The SMILES string of the molecule is COc1ccnc(NCCOCCCl)n1. The van der Waals surface area contributed by atoms with Gasteiger partial charge >= 0.3 is 0 Å². The quantitative estimate of drug-likeness (QED) is 0.564. The van der Waals surface area contributed by atoms with Gasteiger partial charge in [0.2, 0.25) is 11.8 Å². The van der Waals surface area contributed by atoms with Crippen LogP contribution in [-0.2, 0) is 4.74 Å². The molecule has 0 spiro atoms. The van der Waals surface area contributed by atoms with Gasteiger partial charge in [-0.25, -0.2) is 4.98 Å². The summed E-state index contributed by atoms with van der Waals surface area (Å²) in [5.41, 5.74) is 0. The number of alkyl halides is 1. The van der Waals surface area contributed by atoms with Crippen molar-refractivity contribution >= 4 is 17.5 Å². The summed E-state index contributed by atoms with van der Waals surface area (Å²) in [6.45, 7) is 1.78. The number of rotatable bonds is 7. The van der Waals surface area contributed by atoms with Crippen LogP contribution in [0.25, 0.3) is 0 Å². The van der Waals surface area contributed by atoms with Gasteiger partial charge in [0, 0.05) is 24.7 Å². The second-order valence-corrected chi connectivity index (χ2v) is 3.03. The van der Waals surface area contributed by atoms with Crippen LogP contribution in [0.5, 0.6) is 5.88 Å². The Labute approximate surface area is 93.8 Å². The van der Waals surface area contributed by atoms with Crippen molar-refractivity contribution < 1.29 is 9.47 Å². The Balaban J connectivity index is 2.24. The van der Waals surface area contributed by atoms with Crippen molar-refractivity contribution in [1.82, 2.24) is 9.97 Å². The van der Waals surface area contributed by atoms with E-state index in [9.17, 15) is 0 Å². The predicted octanol–water partition coefficient (Wildman–Crippen LogP) is 1.15. The summed E-state index contributed by atoms with van der Waals surface area (Å²) in [6, 6.07) is 1.69. The minimum Gasteiger partial charge on any atom is -0.481 e. The van der Waals surface area contributed by atoms with Crippen molar-refractivity contribution in [3.8, 4) is 5.88 Å². The highest BCUT2D eigenvalue weighted by atomic mass is 35.5. The molecule has 1 N–H and O–H groups in total. The Bertz CT molecular complexity index is 286. The van der Waals surface area contributed by atoms with Crippen LogP contribution >= 0.6 is 11.6 Å². The first kappa shape index (κ1) is 12.0. The van der Waals surface area contributed by atoms with Crippen molar-refractivity contribution in [2.75, 3.05) is 38.1 Å². The summed E-state index contributed by atoms with van der Waals surface area (Å²) >= 11 is 5.45. The van der Waals surface area contributed by atoms with Gasteiger partial charge in [-0.15, -0.1) is 11.6 Å². The molecular weight excluding hydrogens is 218 g/mol. The van der Waals surface area contributed by atoms with E-state index in [2.05, 4.69) is 15.3 Å². The van der Waals surface area contributed by atoms with Crippen molar-refractivity contribution in [1.29, 1.82) is 0 Å². The Kier molecular flexibility index (Phi) is 5.80. The molecule has 0 atom stereocenters. The van der Waals surface area contributed by atoms with Gasteiger partial charge in [0.1, 0.15) is 0 Å². The third-order valence-corrected chi connectivity index (χ3v) is 1.74. The minimum atomic E-state index is 0.510. The lowest BCUT2D eigenvalue weighted by Gasteiger charge is -2.05. The number of methoxy groups -OCH3 is 1. The van der Waals surface area contributed by atoms with Crippen LogP contribution in [-0.4, -0.2) is 42.7 Å². The highest BCUT2D eigenvalue weighted by molar-refractivity contribution is 6.17. The van der Waals surface area contributed by atoms with E-state index in [0.717, 1.165) is 0 Å². The largest absolute Gasteiger partial charge is 0.481 e. The number of ether oxygens (including phenoxy) is 2. The molecular formula is C9H14ClN3O2. The fourth-order valence-electron chi connectivity index (χ4n) is 0.933. The lowest BCUT2D eigenvalue weighted by Crippen LogP contribution is -2.12. The van der Waals surface area contributed by atoms with E-state index in [1.54, 1.807) is 19.4 Å². The zero-order valence-corrected chi connectivity index (χ0v) is 9.33. The topological polar surface area (TPSA) is 56.3 Å². The van der Waals surface area contributed by atoms with Crippen LogP contribution < -0.4 is 10.1 Å². The molecule has 0 aliphatic carbocycles.